The molecule has 1 atom stereocenters. The van der Waals surface area contributed by atoms with Crippen LogP contribution in [-0.2, 0) is 10.2 Å². The molecular weight excluding hydrogens is 274 g/mol. The number of likely N-dealkylation sites (N-methyl/N-ethyl adjacent to an activating group) is 1. The largest absolute Gasteiger partial charge is 0.316 e. The number of halogens is 1. The molecule has 0 aliphatic carbocycles. The molecule has 0 saturated carbocycles. The first-order valence-electron chi connectivity index (χ1n) is 6.46. The molecule has 0 spiro atoms. The predicted molar refractivity (Wildman–Crippen MR) is 75.2 cm³/mol. The second-order valence-electron chi connectivity index (χ2n) is 5.22. The van der Waals surface area contributed by atoms with Crippen molar-refractivity contribution in [3.05, 3.63) is 0 Å². The second kappa shape index (κ2) is 6.52. The van der Waals surface area contributed by atoms with Crippen LogP contribution in [0.15, 0.2) is 0 Å². The molecule has 0 bridgehead atoms. The number of nitrogens with one attached hydrogen (secondary N) is 1. The first kappa shape index (κ1) is 16.2. The fraction of sp³-hybridized carbons (Fsp3) is 1.00. The van der Waals surface area contributed by atoms with Gasteiger partial charge in [0.1, 0.15) is 0 Å². The van der Waals surface area contributed by atoms with Gasteiger partial charge >= 0.3 is 0 Å². The Hall–Kier alpha value is 0.120. The lowest BCUT2D eigenvalue weighted by atomic mass is 10.0. The highest BCUT2D eigenvalue weighted by molar-refractivity contribution is 7.86. The van der Waals surface area contributed by atoms with E-state index in [1.54, 1.807) is 8.61 Å². The average molecular weight is 298 g/mol. The fourth-order valence-electron chi connectivity index (χ4n) is 2.55. The van der Waals surface area contributed by atoms with Crippen LogP contribution in [0.5, 0.6) is 0 Å². The molecule has 2 saturated heterocycles. The van der Waals surface area contributed by atoms with Crippen molar-refractivity contribution in [3.63, 3.8) is 0 Å². The topological polar surface area (TPSA) is 52.7 Å². The summed E-state index contributed by atoms with van der Waals surface area (Å²) in [5.74, 6) is 0.657. The van der Waals surface area contributed by atoms with Gasteiger partial charge in [-0.15, -0.1) is 12.4 Å². The lowest BCUT2D eigenvalue weighted by molar-refractivity contribution is 0.270. The maximum Gasteiger partial charge on any atom is 0.282 e. The number of hydrogen-bond acceptors (Lipinski definition) is 3. The molecule has 2 fully saturated rings. The zero-order chi connectivity index (χ0) is 12.5. The molecule has 5 nitrogen and oxygen atoms in total. The van der Waals surface area contributed by atoms with Crippen LogP contribution in [0.3, 0.4) is 0 Å². The van der Waals surface area contributed by atoms with Gasteiger partial charge in [0.25, 0.3) is 10.2 Å². The molecular formula is C11H24ClN3O2S. The maximum absolute atomic E-state index is 12.4. The third-order valence-electron chi connectivity index (χ3n) is 3.95. The Morgan fingerprint density at radius 3 is 2.11 bits per heavy atom. The highest BCUT2D eigenvalue weighted by atomic mass is 35.5. The molecule has 1 unspecified atom stereocenters. The van der Waals surface area contributed by atoms with Crippen LogP contribution < -0.4 is 5.32 Å². The molecule has 0 radical (unpaired) electrons. The third-order valence-corrected chi connectivity index (χ3v) is 5.96. The van der Waals surface area contributed by atoms with E-state index >= 15 is 0 Å². The molecule has 7 heteroatoms. The van der Waals surface area contributed by atoms with Gasteiger partial charge in [0.15, 0.2) is 0 Å². The zero-order valence-corrected chi connectivity index (χ0v) is 12.8. The van der Waals surface area contributed by atoms with Crippen LogP contribution in [0.2, 0.25) is 0 Å². The molecule has 1 N–H and O–H groups in total. The van der Waals surface area contributed by atoms with E-state index in [4.69, 9.17) is 0 Å². The Bertz CT molecular complexity index is 347. The zero-order valence-electron chi connectivity index (χ0n) is 11.1. The van der Waals surface area contributed by atoms with Crippen molar-refractivity contribution in [2.75, 3.05) is 33.2 Å². The Kier molecular flexibility index (Phi) is 5.86. The van der Waals surface area contributed by atoms with Gasteiger partial charge < -0.3 is 5.32 Å². The standard InChI is InChI=1S/C11H23N3O2S.ClH/c1-10-3-6-13(7-4-10)17(15,16)14-8-5-11(9-14)12-2;/h10-12H,3-9H2,1-2H3;1H. The van der Waals surface area contributed by atoms with Crippen LogP contribution in [0.1, 0.15) is 26.2 Å². The van der Waals surface area contributed by atoms with E-state index in [9.17, 15) is 8.42 Å². The van der Waals surface area contributed by atoms with Crippen LogP contribution in [0.4, 0.5) is 0 Å². The molecule has 0 aromatic rings. The van der Waals surface area contributed by atoms with Crippen LogP contribution in [0, 0.1) is 5.92 Å². The summed E-state index contributed by atoms with van der Waals surface area (Å²) in [6.45, 7) is 4.83. The Balaban J connectivity index is 0.00000162. The maximum atomic E-state index is 12.4. The summed E-state index contributed by atoms with van der Waals surface area (Å²) in [6, 6.07) is 0.313. The van der Waals surface area contributed by atoms with E-state index in [0.717, 1.165) is 19.3 Å². The Labute approximate surface area is 116 Å². The molecule has 2 heterocycles. The van der Waals surface area contributed by atoms with E-state index < -0.39 is 10.2 Å². The van der Waals surface area contributed by atoms with Crippen molar-refractivity contribution in [2.45, 2.75) is 32.2 Å². The average Bonchev–Trinajstić information content (AvgIpc) is 2.78. The smallest absolute Gasteiger partial charge is 0.282 e. The summed E-state index contributed by atoms with van der Waals surface area (Å²) in [4.78, 5) is 0. The minimum Gasteiger partial charge on any atom is -0.316 e. The van der Waals surface area contributed by atoms with Crippen LogP contribution in [-0.4, -0.2) is 56.3 Å². The van der Waals surface area contributed by atoms with Gasteiger partial charge in [-0.2, -0.15) is 17.0 Å². The SMILES string of the molecule is CNC1CCN(S(=O)(=O)N2CCC(C)CC2)C1.Cl. The van der Waals surface area contributed by atoms with Crippen LogP contribution in [0.25, 0.3) is 0 Å². The van der Waals surface area contributed by atoms with Crippen molar-refractivity contribution in [1.82, 2.24) is 13.9 Å². The monoisotopic (exact) mass is 297 g/mol. The molecule has 2 aliphatic heterocycles. The summed E-state index contributed by atoms with van der Waals surface area (Å²) in [6.07, 6.45) is 2.89. The van der Waals surface area contributed by atoms with Gasteiger partial charge in [-0.3, -0.25) is 0 Å². The van der Waals surface area contributed by atoms with Crippen molar-refractivity contribution >= 4 is 22.6 Å². The molecule has 2 rings (SSSR count). The number of rotatable bonds is 3. The summed E-state index contributed by atoms with van der Waals surface area (Å²) >= 11 is 0. The minimum atomic E-state index is -3.20. The molecule has 2 aliphatic rings. The second-order valence-corrected chi connectivity index (χ2v) is 7.15. The molecule has 0 amide bonds. The van der Waals surface area contributed by atoms with E-state index in [1.165, 1.54) is 0 Å². The van der Waals surface area contributed by atoms with Gasteiger partial charge in [-0.1, -0.05) is 6.92 Å². The summed E-state index contributed by atoms with van der Waals surface area (Å²) in [5.41, 5.74) is 0. The Morgan fingerprint density at radius 1 is 1.06 bits per heavy atom. The lowest BCUT2D eigenvalue weighted by Gasteiger charge is -2.32. The van der Waals surface area contributed by atoms with Crippen molar-refractivity contribution in [3.8, 4) is 0 Å². The summed E-state index contributed by atoms with van der Waals surface area (Å²) in [7, 11) is -1.31. The molecule has 0 aromatic carbocycles. The van der Waals surface area contributed by atoms with Crippen molar-refractivity contribution < 1.29 is 8.42 Å². The fourth-order valence-corrected chi connectivity index (χ4v) is 4.26. The van der Waals surface area contributed by atoms with Gasteiger partial charge in [0.2, 0.25) is 0 Å². The van der Waals surface area contributed by atoms with Crippen LogP contribution >= 0.6 is 12.4 Å². The lowest BCUT2D eigenvalue weighted by Crippen LogP contribution is -2.46. The highest BCUT2D eigenvalue weighted by Gasteiger charge is 2.36. The predicted octanol–water partition coefficient (Wildman–Crippen LogP) is 0.679. The summed E-state index contributed by atoms with van der Waals surface area (Å²) in [5, 5.41) is 3.15. The number of nitrogens with zero attached hydrogens (tertiary/aromatic N) is 2. The normalized spacial score (nSPS) is 28.2. The third kappa shape index (κ3) is 3.36. The first-order valence-corrected chi connectivity index (χ1v) is 7.86. The molecule has 108 valence electrons. The van der Waals surface area contributed by atoms with Crippen molar-refractivity contribution in [2.24, 2.45) is 5.92 Å². The van der Waals surface area contributed by atoms with E-state index in [0.29, 0.717) is 38.1 Å². The molecule has 0 aromatic heterocycles. The minimum absolute atomic E-state index is 0. The van der Waals surface area contributed by atoms with E-state index in [1.807, 2.05) is 7.05 Å². The number of piperidine rings is 1. The van der Waals surface area contributed by atoms with Crippen molar-refractivity contribution in [1.29, 1.82) is 0 Å². The quantitative estimate of drug-likeness (QED) is 0.833. The van der Waals surface area contributed by atoms with E-state index in [-0.39, 0.29) is 12.4 Å². The first-order chi connectivity index (χ1) is 8.04. The van der Waals surface area contributed by atoms with E-state index in [2.05, 4.69) is 12.2 Å². The van der Waals surface area contributed by atoms with Gasteiger partial charge in [-0.05, 0) is 32.2 Å². The molecule has 18 heavy (non-hydrogen) atoms. The van der Waals surface area contributed by atoms with Gasteiger partial charge in [0, 0.05) is 32.2 Å². The van der Waals surface area contributed by atoms with Gasteiger partial charge in [-0.25, -0.2) is 0 Å². The van der Waals surface area contributed by atoms with Gasteiger partial charge in [0.05, 0.1) is 0 Å². The summed E-state index contributed by atoms with van der Waals surface area (Å²) < 4.78 is 28.0. The Morgan fingerprint density at radius 2 is 1.61 bits per heavy atom. The number of hydrogen-bond donors (Lipinski definition) is 1. The highest BCUT2D eigenvalue weighted by Crippen LogP contribution is 2.23.